The van der Waals surface area contributed by atoms with Gasteiger partial charge in [0, 0.05) is 0 Å². The van der Waals surface area contributed by atoms with Crippen molar-refractivity contribution in [3.63, 3.8) is 0 Å². The number of hydrogen-bond acceptors (Lipinski definition) is 1. The second-order valence-corrected chi connectivity index (χ2v) is 18.7. The van der Waals surface area contributed by atoms with Crippen LogP contribution < -0.4 is 0 Å². The van der Waals surface area contributed by atoms with E-state index in [1.54, 1.807) is 19.6 Å². The average Bonchev–Trinajstić information content (AvgIpc) is 2.70. The van der Waals surface area contributed by atoms with Crippen LogP contribution in [0.3, 0.4) is 0 Å². The van der Waals surface area contributed by atoms with Crippen molar-refractivity contribution in [1.82, 2.24) is 0 Å². The van der Waals surface area contributed by atoms with Crippen LogP contribution in [0, 0.1) is 6.92 Å². The van der Waals surface area contributed by atoms with Crippen LogP contribution in [0.4, 0.5) is 17.1 Å². The molecule has 3 rings (SSSR count). The molecule has 0 amide bonds. The van der Waals surface area contributed by atoms with Crippen LogP contribution in [0.5, 0.6) is 0 Å². The van der Waals surface area contributed by atoms with Crippen molar-refractivity contribution in [2.45, 2.75) is 46.2 Å². The molecular weight excluding hydrogens is 494 g/mol. The molecule has 0 saturated carbocycles. The maximum atomic E-state index is 4.84. The van der Waals surface area contributed by atoms with Gasteiger partial charge in [0.05, 0.1) is 0 Å². The van der Waals surface area contributed by atoms with Gasteiger partial charge in [0.25, 0.3) is 0 Å². The molecule has 0 N–H and O–H groups in total. The fourth-order valence-electron chi connectivity index (χ4n) is 2.40. The predicted molar refractivity (Wildman–Crippen MR) is 139 cm³/mol. The quantitative estimate of drug-likeness (QED) is 0.295. The molecule has 6 heteroatoms. The van der Waals surface area contributed by atoms with Crippen molar-refractivity contribution in [1.29, 1.82) is 0 Å². The first-order valence-corrected chi connectivity index (χ1v) is 18.2. The summed E-state index contributed by atoms with van der Waals surface area (Å²) in [7, 11) is -2.85. The van der Waals surface area contributed by atoms with E-state index in [-0.39, 0.29) is 0 Å². The molecular formula is C25H35MoN3Si2-2. The van der Waals surface area contributed by atoms with Gasteiger partial charge in [0.15, 0.2) is 0 Å². The van der Waals surface area contributed by atoms with Crippen LogP contribution in [0.2, 0.25) is 39.3 Å². The standard InChI is InChI=1S/C12H22N2Si2.C7H8.C6H5N.Mo/c1-15(2,3)13-11-9-7-8-10-12(11)14-16(4,5)6;1-7-5-3-2-4-6-7;7-6-4-2-1-3-5-6;/h7-10H,1-6H3;2-6H,1H3;1-5H;/q-2;;;. The Kier molecular flexibility index (Phi) is 11.9. The molecule has 166 valence electrons. The van der Waals surface area contributed by atoms with Gasteiger partial charge in [-0.2, -0.15) is 11.4 Å². The molecule has 0 bridgehead atoms. The molecule has 0 atom stereocenters. The molecule has 0 saturated heterocycles. The second kappa shape index (κ2) is 13.6. The topological polar surface area (TPSA) is 40.6 Å². The zero-order chi connectivity index (χ0) is 23.3. The van der Waals surface area contributed by atoms with Crippen LogP contribution in [-0.4, -0.2) is 16.5 Å². The van der Waals surface area contributed by atoms with E-state index in [1.807, 2.05) is 60.7 Å². The number of nitrogens with zero attached hydrogens (tertiary/aromatic N) is 3. The molecule has 0 aromatic heterocycles. The normalized spacial score (nSPS) is 10.5. The number of benzene rings is 3. The van der Waals surface area contributed by atoms with Gasteiger partial charge in [-0.05, 0) is 23.4 Å². The zero-order valence-electron chi connectivity index (χ0n) is 19.8. The van der Waals surface area contributed by atoms with Gasteiger partial charge in [-0.15, -0.1) is 0 Å². The fourth-order valence-corrected chi connectivity index (χ4v) is 4.52. The average molecular weight is 530 g/mol. The van der Waals surface area contributed by atoms with E-state index in [9.17, 15) is 0 Å². The first-order valence-electron chi connectivity index (χ1n) is 10.4. The third-order valence-electron chi connectivity index (χ3n) is 3.60. The Labute approximate surface area is 202 Å². The molecule has 3 aromatic rings. The van der Waals surface area contributed by atoms with Crippen molar-refractivity contribution in [3.05, 3.63) is 100 Å². The van der Waals surface area contributed by atoms with Gasteiger partial charge in [0.1, 0.15) is 0 Å². The van der Waals surface area contributed by atoms with E-state index in [1.165, 1.54) is 5.56 Å². The molecule has 0 unspecified atom stereocenters. The number of aryl methyl sites for hydroxylation is 1. The summed E-state index contributed by atoms with van der Waals surface area (Å²) >= 11 is 1.72. The minimum atomic E-state index is -1.42. The van der Waals surface area contributed by atoms with Gasteiger partial charge in [-0.3, -0.25) is 0 Å². The van der Waals surface area contributed by atoms with Gasteiger partial charge in [-0.1, -0.05) is 99.4 Å². The van der Waals surface area contributed by atoms with Crippen LogP contribution >= 0.6 is 0 Å². The van der Waals surface area contributed by atoms with Crippen LogP contribution in [0.1, 0.15) is 5.56 Å². The van der Waals surface area contributed by atoms with E-state index in [0.29, 0.717) is 0 Å². The van der Waals surface area contributed by atoms with Gasteiger partial charge < -0.3 is 9.96 Å². The Morgan fingerprint density at radius 1 is 0.581 bits per heavy atom. The van der Waals surface area contributed by atoms with E-state index in [0.717, 1.165) is 17.1 Å². The van der Waals surface area contributed by atoms with Crippen molar-refractivity contribution in [3.8, 4) is 0 Å². The SMILES string of the molecule is C[Si](C)(C)[N-]c1ccccc1[N-][Si](C)(C)C.Cc1ccccc1.[Mo]=[N]c1ccccc1. The summed E-state index contributed by atoms with van der Waals surface area (Å²) in [6, 6.07) is 28.4. The van der Waals surface area contributed by atoms with Crippen molar-refractivity contribution in [2.24, 2.45) is 3.50 Å². The molecule has 0 fully saturated rings. The summed E-state index contributed by atoms with van der Waals surface area (Å²) in [5, 5.41) is 0. The summed E-state index contributed by atoms with van der Waals surface area (Å²) in [6.45, 7) is 15.6. The summed E-state index contributed by atoms with van der Waals surface area (Å²) in [5.41, 5.74) is 4.51. The Balaban J connectivity index is 0.000000264. The second-order valence-electron chi connectivity index (χ2n) is 9.14. The summed E-state index contributed by atoms with van der Waals surface area (Å²) in [6.07, 6.45) is 0. The van der Waals surface area contributed by atoms with Crippen LogP contribution in [0.25, 0.3) is 9.96 Å². The van der Waals surface area contributed by atoms with Gasteiger partial charge >= 0.3 is 59.1 Å². The Hall–Kier alpha value is -1.82. The Bertz CT molecular complexity index is 855. The molecule has 3 aromatic carbocycles. The first kappa shape index (κ1) is 27.2. The zero-order valence-corrected chi connectivity index (χ0v) is 23.8. The minimum absolute atomic E-state index is 1.04. The molecule has 3 nitrogen and oxygen atoms in total. The van der Waals surface area contributed by atoms with E-state index in [2.05, 4.69) is 74.0 Å². The molecule has 0 aliphatic carbocycles. The third-order valence-corrected chi connectivity index (χ3v) is 5.94. The van der Waals surface area contributed by atoms with Crippen molar-refractivity contribution >= 4 is 33.5 Å². The van der Waals surface area contributed by atoms with Crippen molar-refractivity contribution in [2.75, 3.05) is 0 Å². The Morgan fingerprint density at radius 3 is 1.19 bits per heavy atom. The predicted octanol–water partition coefficient (Wildman–Crippen LogP) is 9.41. The fraction of sp³-hybridized carbons (Fsp3) is 0.280. The monoisotopic (exact) mass is 531 g/mol. The molecule has 0 aliphatic heterocycles. The number of rotatable bonds is 5. The van der Waals surface area contributed by atoms with E-state index >= 15 is 0 Å². The van der Waals surface area contributed by atoms with Crippen molar-refractivity contribution < 1.29 is 19.6 Å². The molecule has 0 heterocycles. The molecule has 0 spiro atoms. The number of hydrogen-bond donors (Lipinski definition) is 0. The van der Waals surface area contributed by atoms with Crippen LogP contribution in [0.15, 0.2) is 88.4 Å². The Morgan fingerprint density at radius 2 is 0.935 bits per heavy atom. The van der Waals surface area contributed by atoms with Gasteiger partial charge in [0.2, 0.25) is 0 Å². The van der Waals surface area contributed by atoms with E-state index in [4.69, 9.17) is 9.96 Å². The van der Waals surface area contributed by atoms with Crippen LogP contribution in [-0.2, 0) is 19.6 Å². The van der Waals surface area contributed by atoms with E-state index < -0.39 is 16.5 Å². The molecule has 0 aliphatic rings. The summed E-state index contributed by atoms with van der Waals surface area (Å²) < 4.78 is 3.98. The summed E-state index contributed by atoms with van der Waals surface area (Å²) in [5.74, 6) is 0. The molecule has 0 radical (unpaired) electrons. The maximum absolute atomic E-state index is 4.84. The molecule has 31 heavy (non-hydrogen) atoms. The van der Waals surface area contributed by atoms with Gasteiger partial charge in [-0.25, -0.2) is 0 Å². The summed E-state index contributed by atoms with van der Waals surface area (Å²) in [4.78, 5) is 9.69. The third kappa shape index (κ3) is 14.0. The first-order chi connectivity index (χ1) is 14.5.